The molecule has 0 aromatic carbocycles. The molecule has 5 heteroatoms. The van der Waals surface area contributed by atoms with Crippen LogP contribution in [-0.4, -0.2) is 28.9 Å². The maximum atomic E-state index is 12.5. The molecule has 1 aromatic heterocycles. The minimum atomic E-state index is 0.214. The first-order valence-electron chi connectivity index (χ1n) is 6.63. The summed E-state index contributed by atoms with van der Waals surface area (Å²) >= 11 is 0. The number of hydrogen-bond acceptors (Lipinski definition) is 3. The van der Waals surface area contributed by atoms with Crippen molar-refractivity contribution in [1.82, 2.24) is 20.4 Å². The Morgan fingerprint density at radius 2 is 2.18 bits per heavy atom. The first-order valence-corrected chi connectivity index (χ1v) is 6.63. The predicted octanol–water partition coefficient (Wildman–Crippen LogP) is 0.0600. The van der Waals surface area contributed by atoms with E-state index in [0.717, 1.165) is 37.9 Å². The smallest absolute Gasteiger partial charge is 0.271 e. The molecule has 2 fully saturated rings. The molecule has 3 aliphatic rings. The van der Waals surface area contributed by atoms with Crippen LogP contribution >= 0.6 is 0 Å². The average molecular weight is 234 g/mol. The van der Waals surface area contributed by atoms with Gasteiger partial charge < -0.3 is 10.6 Å². The van der Waals surface area contributed by atoms with E-state index in [1.165, 1.54) is 12.1 Å². The molecule has 3 atom stereocenters. The number of rotatable bonds is 1. The van der Waals surface area contributed by atoms with Crippen molar-refractivity contribution in [2.24, 2.45) is 0 Å². The van der Waals surface area contributed by atoms with Gasteiger partial charge in [0.1, 0.15) is 0 Å². The lowest BCUT2D eigenvalue weighted by molar-refractivity contribution is 0.470. The Bertz CT molecular complexity index is 497. The molecule has 0 amide bonds. The number of hydrogen-bond donors (Lipinski definition) is 3. The number of H-pyrrole nitrogens is 1. The molecule has 0 saturated carbocycles. The van der Waals surface area contributed by atoms with E-state index in [0.29, 0.717) is 18.1 Å². The van der Waals surface area contributed by atoms with Gasteiger partial charge in [-0.15, -0.1) is 0 Å². The summed E-state index contributed by atoms with van der Waals surface area (Å²) in [6, 6.07) is 1.22. The van der Waals surface area contributed by atoms with Gasteiger partial charge in [-0.3, -0.25) is 9.89 Å². The Balaban J connectivity index is 1.79. The molecule has 4 heterocycles. The molecule has 2 saturated heterocycles. The molecule has 3 unspecified atom stereocenters. The lowest BCUT2D eigenvalue weighted by atomic mass is 10.0. The molecule has 2 bridgehead atoms. The summed E-state index contributed by atoms with van der Waals surface area (Å²) in [6.45, 7) is 1.94. The van der Waals surface area contributed by atoms with E-state index in [1.54, 1.807) is 0 Å². The molecule has 0 aliphatic carbocycles. The van der Waals surface area contributed by atoms with E-state index in [9.17, 15) is 4.79 Å². The van der Waals surface area contributed by atoms with Crippen molar-refractivity contribution in [2.45, 2.75) is 43.8 Å². The summed E-state index contributed by atoms with van der Waals surface area (Å²) in [5, 5.41) is 10.2. The molecule has 0 radical (unpaired) electrons. The summed E-state index contributed by atoms with van der Waals surface area (Å²) in [5.41, 5.74) is 2.42. The lowest BCUT2D eigenvalue weighted by Crippen LogP contribution is -2.34. The fourth-order valence-electron chi connectivity index (χ4n) is 3.60. The highest BCUT2D eigenvalue weighted by atomic mass is 16.1. The van der Waals surface area contributed by atoms with Crippen molar-refractivity contribution in [3.8, 4) is 0 Å². The van der Waals surface area contributed by atoms with Crippen LogP contribution in [-0.2, 0) is 6.42 Å². The SMILES string of the molecule is O=c1c2c([nH]n1C1CCNC1)CC1CCC2N1. The van der Waals surface area contributed by atoms with Crippen LogP contribution in [0.4, 0.5) is 0 Å². The third-order valence-electron chi connectivity index (χ3n) is 4.47. The van der Waals surface area contributed by atoms with Gasteiger partial charge in [0.2, 0.25) is 0 Å². The van der Waals surface area contributed by atoms with Gasteiger partial charge in [0, 0.05) is 30.7 Å². The van der Waals surface area contributed by atoms with E-state index in [4.69, 9.17) is 0 Å². The van der Waals surface area contributed by atoms with Gasteiger partial charge in [-0.2, -0.15) is 0 Å². The molecule has 92 valence electrons. The molecular formula is C12H18N4O. The lowest BCUT2D eigenvalue weighted by Gasteiger charge is -2.19. The molecule has 3 aliphatic heterocycles. The highest BCUT2D eigenvalue weighted by molar-refractivity contribution is 5.28. The third-order valence-corrected chi connectivity index (χ3v) is 4.47. The van der Waals surface area contributed by atoms with Gasteiger partial charge >= 0.3 is 0 Å². The van der Waals surface area contributed by atoms with Crippen LogP contribution in [0.1, 0.15) is 42.6 Å². The Morgan fingerprint density at radius 3 is 3.00 bits per heavy atom. The minimum absolute atomic E-state index is 0.214. The maximum Gasteiger partial charge on any atom is 0.271 e. The first-order chi connectivity index (χ1) is 8.33. The van der Waals surface area contributed by atoms with Crippen LogP contribution in [0, 0.1) is 0 Å². The second kappa shape index (κ2) is 3.46. The number of nitrogens with zero attached hydrogens (tertiary/aromatic N) is 1. The van der Waals surface area contributed by atoms with Crippen molar-refractivity contribution in [3.63, 3.8) is 0 Å². The summed E-state index contributed by atoms with van der Waals surface area (Å²) in [4.78, 5) is 12.5. The van der Waals surface area contributed by atoms with Crippen LogP contribution in [0.5, 0.6) is 0 Å². The fourth-order valence-corrected chi connectivity index (χ4v) is 3.60. The van der Waals surface area contributed by atoms with Crippen LogP contribution in [0.3, 0.4) is 0 Å². The Morgan fingerprint density at radius 1 is 1.24 bits per heavy atom. The fraction of sp³-hybridized carbons (Fsp3) is 0.750. The standard InChI is InChI=1S/C12H18N4O/c17-12-11-9-2-1-7(14-9)5-10(11)15-16(12)8-3-4-13-6-8/h7-9,13-15H,1-6H2. The normalized spacial score (nSPS) is 35.2. The van der Waals surface area contributed by atoms with E-state index in [2.05, 4.69) is 15.7 Å². The van der Waals surface area contributed by atoms with Crippen molar-refractivity contribution in [2.75, 3.05) is 13.1 Å². The largest absolute Gasteiger partial charge is 0.315 e. The zero-order chi connectivity index (χ0) is 11.4. The molecular weight excluding hydrogens is 216 g/mol. The number of aromatic amines is 1. The molecule has 0 spiro atoms. The topological polar surface area (TPSA) is 61.9 Å². The molecule has 17 heavy (non-hydrogen) atoms. The summed E-state index contributed by atoms with van der Waals surface area (Å²) in [7, 11) is 0. The van der Waals surface area contributed by atoms with Gasteiger partial charge in [-0.25, -0.2) is 4.68 Å². The highest BCUT2D eigenvalue weighted by Crippen LogP contribution is 2.33. The van der Waals surface area contributed by atoms with E-state index >= 15 is 0 Å². The van der Waals surface area contributed by atoms with E-state index in [1.807, 2.05) is 4.68 Å². The zero-order valence-corrected chi connectivity index (χ0v) is 9.83. The van der Waals surface area contributed by atoms with Crippen LogP contribution in [0.25, 0.3) is 0 Å². The maximum absolute atomic E-state index is 12.5. The molecule has 4 rings (SSSR count). The van der Waals surface area contributed by atoms with Gasteiger partial charge in [0.25, 0.3) is 5.56 Å². The van der Waals surface area contributed by atoms with Crippen molar-refractivity contribution >= 4 is 0 Å². The number of nitrogens with one attached hydrogen (secondary N) is 3. The van der Waals surface area contributed by atoms with Gasteiger partial charge in [-0.05, 0) is 25.8 Å². The number of fused-ring (bicyclic) bond motifs is 4. The molecule has 1 aromatic rings. The first kappa shape index (κ1) is 9.91. The van der Waals surface area contributed by atoms with Crippen molar-refractivity contribution in [1.29, 1.82) is 0 Å². The zero-order valence-electron chi connectivity index (χ0n) is 9.83. The predicted molar refractivity (Wildman–Crippen MR) is 64.2 cm³/mol. The Kier molecular flexibility index (Phi) is 2.02. The van der Waals surface area contributed by atoms with Gasteiger partial charge in [-0.1, -0.05) is 0 Å². The Hall–Kier alpha value is -1.07. The highest BCUT2D eigenvalue weighted by Gasteiger charge is 2.37. The van der Waals surface area contributed by atoms with Crippen molar-refractivity contribution in [3.05, 3.63) is 21.6 Å². The molecule has 5 nitrogen and oxygen atoms in total. The third kappa shape index (κ3) is 1.35. The van der Waals surface area contributed by atoms with E-state index in [-0.39, 0.29) is 5.56 Å². The quantitative estimate of drug-likeness (QED) is 0.644. The van der Waals surface area contributed by atoms with Crippen molar-refractivity contribution < 1.29 is 0 Å². The van der Waals surface area contributed by atoms with Gasteiger partial charge in [0.05, 0.1) is 11.6 Å². The summed E-state index contributed by atoms with van der Waals surface area (Å²) in [6.07, 6.45) is 4.38. The van der Waals surface area contributed by atoms with Gasteiger partial charge in [0.15, 0.2) is 0 Å². The number of aromatic nitrogens is 2. The minimum Gasteiger partial charge on any atom is -0.315 e. The van der Waals surface area contributed by atoms with E-state index < -0.39 is 0 Å². The molecule has 3 N–H and O–H groups in total. The van der Waals surface area contributed by atoms with Crippen LogP contribution in [0.2, 0.25) is 0 Å². The second-order valence-electron chi connectivity index (χ2n) is 5.52. The second-order valence-corrected chi connectivity index (χ2v) is 5.52. The van der Waals surface area contributed by atoms with Crippen LogP contribution in [0.15, 0.2) is 4.79 Å². The average Bonchev–Trinajstić information content (AvgIpc) is 3.00. The summed E-state index contributed by atoms with van der Waals surface area (Å²) in [5.74, 6) is 0. The van der Waals surface area contributed by atoms with Crippen LogP contribution < -0.4 is 16.2 Å². The monoisotopic (exact) mass is 234 g/mol. The summed E-state index contributed by atoms with van der Waals surface area (Å²) < 4.78 is 1.87. The Labute approximate surface area is 99.6 Å².